The normalized spacial score (nSPS) is 16.4. The van der Waals surface area contributed by atoms with Crippen LogP contribution in [0.4, 0.5) is 10.1 Å². The van der Waals surface area contributed by atoms with Gasteiger partial charge in [0.2, 0.25) is 0 Å². The number of carbonyl (C=O) groups excluding carboxylic acids is 1. The monoisotopic (exact) mass is 365 g/mol. The minimum absolute atomic E-state index is 0.0314. The van der Waals surface area contributed by atoms with Crippen molar-refractivity contribution < 1.29 is 14.3 Å². The van der Waals surface area contributed by atoms with Crippen LogP contribution in [0, 0.1) is 5.82 Å². The molecule has 0 radical (unpaired) electrons. The number of rotatable bonds is 2. The highest BCUT2D eigenvalue weighted by atomic mass is 35.5. The van der Waals surface area contributed by atoms with Gasteiger partial charge in [0.05, 0.1) is 15.6 Å². The standard InChI is InChI=1S/C16H9ClFNO2S2/c17-12-6-9(4-5-13(12)20)7-14-15(21)19(16(22)23-14)11-3-1-2-10(18)8-11/h1-8,20H/b14-7-. The Morgan fingerprint density at radius 3 is 2.74 bits per heavy atom. The van der Waals surface area contributed by atoms with E-state index in [0.29, 0.717) is 20.5 Å². The molecule has 0 spiro atoms. The Kier molecular flexibility index (Phi) is 4.39. The molecule has 1 heterocycles. The summed E-state index contributed by atoms with van der Waals surface area (Å²) in [6, 6.07) is 10.3. The molecule has 1 amide bonds. The van der Waals surface area contributed by atoms with E-state index in [0.717, 1.165) is 11.8 Å². The van der Waals surface area contributed by atoms with Gasteiger partial charge in [-0.2, -0.15) is 0 Å². The summed E-state index contributed by atoms with van der Waals surface area (Å²) in [4.78, 5) is 14.2. The maximum absolute atomic E-state index is 13.4. The number of carbonyl (C=O) groups is 1. The molecule has 1 aliphatic rings. The number of thiocarbonyl (C=S) groups is 1. The summed E-state index contributed by atoms with van der Waals surface area (Å²) in [6.45, 7) is 0. The van der Waals surface area contributed by atoms with E-state index in [-0.39, 0.29) is 16.7 Å². The quantitative estimate of drug-likeness (QED) is 0.624. The van der Waals surface area contributed by atoms with Gasteiger partial charge in [-0.05, 0) is 42.0 Å². The van der Waals surface area contributed by atoms with Gasteiger partial charge in [0.15, 0.2) is 4.32 Å². The van der Waals surface area contributed by atoms with Gasteiger partial charge in [-0.3, -0.25) is 9.69 Å². The van der Waals surface area contributed by atoms with Crippen molar-refractivity contribution >= 4 is 57.6 Å². The van der Waals surface area contributed by atoms with Crippen LogP contribution in [-0.4, -0.2) is 15.3 Å². The molecule has 0 atom stereocenters. The van der Waals surface area contributed by atoms with Crippen LogP contribution < -0.4 is 4.90 Å². The number of hydrogen-bond donors (Lipinski definition) is 1. The smallest absolute Gasteiger partial charge is 0.270 e. The first-order valence-electron chi connectivity index (χ1n) is 6.48. The number of phenols is 1. The van der Waals surface area contributed by atoms with E-state index in [9.17, 15) is 14.3 Å². The summed E-state index contributed by atoms with van der Waals surface area (Å²) in [5, 5.41) is 9.62. The number of phenolic OH excluding ortho intramolecular Hbond substituents is 1. The van der Waals surface area contributed by atoms with Crippen LogP contribution in [0.3, 0.4) is 0 Å². The Morgan fingerprint density at radius 1 is 1.26 bits per heavy atom. The van der Waals surface area contributed by atoms with Gasteiger partial charge in [0, 0.05) is 0 Å². The van der Waals surface area contributed by atoms with Crippen molar-refractivity contribution in [3.05, 3.63) is 63.8 Å². The molecular formula is C16H9ClFNO2S2. The van der Waals surface area contributed by atoms with Crippen LogP contribution in [0.5, 0.6) is 5.75 Å². The molecule has 1 aliphatic heterocycles. The van der Waals surface area contributed by atoms with E-state index in [1.807, 2.05) is 0 Å². The number of hydrogen-bond acceptors (Lipinski definition) is 4. The molecule has 116 valence electrons. The Bertz CT molecular complexity index is 854. The van der Waals surface area contributed by atoms with Crippen molar-refractivity contribution in [2.45, 2.75) is 0 Å². The Labute approximate surface area is 146 Å². The Balaban J connectivity index is 1.94. The lowest BCUT2D eigenvalue weighted by atomic mass is 10.2. The largest absolute Gasteiger partial charge is 0.506 e. The molecule has 2 aromatic rings. The van der Waals surface area contributed by atoms with Crippen molar-refractivity contribution in [2.75, 3.05) is 4.90 Å². The first-order chi connectivity index (χ1) is 11.0. The molecular weight excluding hydrogens is 357 g/mol. The first-order valence-corrected chi connectivity index (χ1v) is 8.08. The van der Waals surface area contributed by atoms with E-state index >= 15 is 0 Å². The number of thioether (sulfide) groups is 1. The molecule has 23 heavy (non-hydrogen) atoms. The zero-order chi connectivity index (χ0) is 16.6. The topological polar surface area (TPSA) is 40.5 Å². The van der Waals surface area contributed by atoms with Gasteiger partial charge in [-0.1, -0.05) is 47.7 Å². The number of aromatic hydroxyl groups is 1. The van der Waals surface area contributed by atoms with E-state index in [2.05, 4.69) is 0 Å². The van der Waals surface area contributed by atoms with Crippen LogP contribution in [-0.2, 0) is 4.79 Å². The summed E-state index contributed by atoms with van der Waals surface area (Å²) >= 11 is 12.2. The maximum Gasteiger partial charge on any atom is 0.270 e. The van der Waals surface area contributed by atoms with Crippen molar-refractivity contribution in [3.8, 4) is 5.75 Å². The second kappa shape index (κ2) is 6.31. The molecule has 7 heteroatoms. The number of nitrogens with zero attached hydrogens (tertiary/aromatic N) is 1. The lowest BCUT2D eigenvalue weighted by Crippen LogP contribution is -2.27. The highest BCUT2D eigenvalue weighted by molar-refractivity contribution is 8.27. The molecule has 0 aromatic heterocycles. The molecule has 0 saturated carbocycles. The van der Waals surface area contributed by atoms with Gasteiger partial charge in [-0.15, -0.1) is 0 Å². The van der Waals surface area contributed by atoms with Crippen molar-refractivity contribution in [1.82, 2.24) is 0 Å². The Morgan fingerprint density at radius 2 is 2.04 bits per heavy atom. The fourth-order valence-electron chi connectivity index (χ4n) is 2.07. The van der Waals surface area contributed by atoms with E-state index in [1.165, 1.54) is 29.2 Å². The molecule has 2 aromatic carbocycles. The highest BCUT2D eigenvalue weighted by Gasteiger charge is 2.33. The molecule has 1 saturated heterocycles. The summed E-state index contributed by atoms with van der Waals surface area (Å²) in [5.74, 6) is -0.795. The summed E-state index contributed by atoms with van der Waals surface area (Å²) in [5.41, 5.74) is 1.05. The third-order valence-corrected chi connectivity index (χ3v) is 4.73. The molecule has 3 nitrogen and oxygen atoms in total. The lowest BCUT2D eigenvalue weighted by molar-refractivity contribution is -0.113. The van der Waals surface area contributed by atoms with E-state index < -0.39 is 5.82 Å². The second-order valence-corrected chi connectivity index (χ2v) is 6.79. The van der Waals surface area contributed by atoms with Gasteiger partial charge in [0.1, 0.15) is 11.6 Å². The number of amides is 1. The second-order valence-electron chi connectivity index (χ2n) is 4.71. The fourth-order valence-corrected chi connectivity index (χ4v) is 3.56. The zero-order valence-corrected chi connectivity index (χ0v) is 13.9. The number of halogens is 2. The predicted octanol–water partition coefficient (Wildman–Crippen LogP) is 4.59. The SMILES string of the molecule is O=C1/C(=C/c2ccc(O)c(Cl)c2)SC(=S)N1c1cccc(F)c1. The van der Waals surface area contributed by atoms with E-state index in [1.54, 1.807) is 24.3 Å². The molecule has 0 aliphatic carbocycles. The predicted molar refractivity (Wildman–Crippen MR) is 95.2 cm³/mol. The molecule has 3 rings (SSSR count). The van der Waals surface area contributed by atoms with Crippen molar-refractivity contribution in [2.24, 2.45) is 0 Å². The third kappa shape index (κ3) is 3.24. The minimum atomic E-state index is -0.439. The number of benzene rings is 2. The van der Waals surface area contributed by atoms with Crippen LogP contribution in [0.1, 0.15) is 5.56 Å². The molecule has 1 N–H and O–H groups in total. The average molecular weight is 366 g/mol. The average Bonchev–Trinajstić information content (AvgIpc) is 2.77. The Hall–Kier alpha value is -1.89. The van der Waals surface area contributed by atoms with Gasteiger partial charge in [0.25, 0.3) is 5.91 Å². The first kappa shape index (κ1) is 16.0. The van der Waals surface area contributed by atoms with E-state index in [4.69, 9.17) is 23.8 Å². The third-order valence-electron chi connectivity index (χ3n) is 3.13. The van der Waals surface area contributed by atoms with Gasteiger partial charge < -0.3 is 5.11 Å². The van der Waals surface area contributed by atoms with Crippen molar-refractivity contribution in [3.63, 3.8) is 0 Å². The summed E-state index contributed by atoms with van der Waals surface area (Å²) in [6.07, 6.45) is 1.63. The maximum atomic E-state index is 13.4. The van der Waals surface area contributed by atoms with Crippen LogP contribution in [0.15, 0.2) is 47.4 Å². The van der Waals surface area contributed by atoms with Crippen LogP contribution >= 0.6 is 35.6 Å². The van der Waals surface area contributed by atoms with Gasteiger partial charge >= 0.3 is 0 Å². The summed E-state index contributed by atoms with van der Waals surface area (Å²) in [7, 11) is 0. The van der Waals surface area contributed by atoms with Crippen molar-refractivity contribution in [1.29, 1.82) is 0 Å². The van der Waals surface area contributed by atoms with Crippen LogP contribution in [0.2, 0.25) is 5.02 Å². The highest BCUT2D eigenvalue weighted by Crippen LogP contribution is 2.36. The molecule has 1 fully saturated rings. The number of anilines is 1. The lowest BCUT2D eigenvalue weighted by Gasteiger charge is -2.14. The zero-order valence-electron chi connectivity index (χ0n) is 11.5. The fraction of sp³-hybridized carbons (Fsp3) is 0. The molecule has 0 unspecified atom stereocenters. The summed E-state index contributed by atoms with van der Waals surface area (Å²) < 4.78 is 13.7. The van der Waals surface area contributed by atoms with Gasteiger partial charge in [-0.25, -0.2) is 4.39 Å². The minimum Gasteiger partial charge on any atom is -0.506 e. The molecule has 0 bridgehead atoms. The van der Waals surface area contributed by atoms with Crippen LogP contribution in [0.25, 0.3) is 6.08 Å².